The van der Waals surface area contributed by atoms with E-state index in [2.05, 4.69) is 5.32 Å². The summed E-state index contributed by atoms with van der Waals surface area (Å²) in [4.78, 5) is 0. The quantitative estimate of drug-likeness (QED) is 0.917. The van der Waals surface area contributed by atoms with E-state index in [0.717, 1.165) is 5.56 Å². The van der Waals surface area contributed by atoms with Gasteiger partial charge in [0.2, 0.25) is 6.79 Å². The van der Waals surface area contributed by atoms with E-state index >= 15 is 0 Å². The van der Waals surface area contributed by atoms with E-state index in [1.54, 1.807) is 25.1 Å². The van der Waals surface area contributed by atoms with Crippen LogP contribution in [0.5, 0.6) is 11.5 Å². The maximum Gasteiger partial charge on any atom is 0.406 e. The summed E-state index contributed by atoms with van der Waals surface area (Å²) in [6, 6.07) is 4.83. The molecule has 1 unspecified atom stereocenters. The third-order valence-electron chi connectivity index (χ3n) is 3.68. The van der Waals surface area contributed by atoms with E-state index in [9.17, 15) is 13.2 Å². The van der Waals surface area contributed by atoms with Crippen molar-refractivity contribution in [2.24, 2.45) is 0 Å². The van der Waals surface area contributed by atoms with Crippen molar-refractivity contribution in [2.75, 3.05) is 6.79 Å². The summed E-state index contributed by atoms with van der Waals surface area (Å²) >= 11 is 0. The van der Waals surface area contributed by atoms with Gasteiger partial charge in [-0.2, -0.15) is 13.2 Å². The summed E-state index contributed by atoms with van der Waals surface area (Å²) in [5.74, 6) is 1.22. The molecular weight excluding hydrogens is 259 g/mol. The molecule has 19 heavy (non-hydrogen) atoms. The molecule has 104 valence electrons. The second kappa shape index (κ2) is 4.03. The molecule has 1 aromatic carbocycles. The van der Waals surface area contributed by atoms with Crippen LogP contribution in [0.4, 0.5) is 13.2 Å². The molecule has 0 amide bonds. The minimum absolute atomic E-state index is 0.144. The number of hydrogen-bond acceptors (Lipinski definition) is 3. The van der Waals surface area contributed by atoms with Gasteiger partial charge in [0.25, 0.3) is 0 Å². The van der Waals surface area contributed by atoms with Crippen LogP contribution in [0.3, 0.4) is 0 Å². The van der Waals surface area contributed by atoms with Crippen molar-refractivity contribution in [3.63, 3.8) is 0 Å². The van der Waals surface area contributed by atoms with Gasteiger partial charge >= 0.3 is 6.18 Å². The maximum absolute atomic E-state index is 12.9. The molecule has 1 fully saturated rings. The van der Waals surface area contributed by atoms with Gasteiger partial charge in [0.05, 0.1) is 0 Å². The summed E-state index contributed by atoms with van der Waals surface area (Å²) < 4.78 is 49.1. The van der Waals surface area contributed by atoms with E-state index < -0.39 is 17.8 Å². The van der Waals surface area contributed by atoms with Crippen LogP contribution in [0.15, 0.2) is 18.2 Å². The average molecular weight is 273 g/mol. The number of alkyl halides is 3. The molecular formula is C13H14F3NO2. The summed E-state index contributed by atoms with van der Waals surface area (Å²) in [6.45, 7) is 1.89. The zero-order valence-corrected chi connectivity index (χ0v) is 10.4. The number of hydrogen-bond donors (Lipinski definition) is 1. The van der Waals surface area contributed by atoms with Gasteiger partial charge < -0.3 is 9.47 Å². The Labute approximate surface area is 108 Å². The van der Waals surface area contributed by atoms with Gasteiger partial charge in [-0.25, -0.2) is 0 Å². The monoisotopic (exact) mass is 273 g/mol. The van der Waals surface area contributed by atoms with Crippen LogP contribution in [0.1, 0.15) is 31.4 Å². The largest absolute Gasteiger partial charge is 0.454 e. The predicted octanol–water partition coefficient (Wildman–Crippen LogP) is 3.16. The van der Waals surface area contributed by atoms with E-state index in [1.165, 1.54) is 0 Å². The van der Waals surface area contributed by atoms with E-state index in [-0.39, 0.29) is 19.6 Å². The van der Waals surface area contributed by atoms with Gasteiger partial charge in [0, 0.05) is 6.04 Å². The molecule has 1 aliphatic carbocycles. The molecule has 0 saturated heterocycles. The van der Waals surface area contributed by atoms with Gasteiger partial charge in [0.15, 0.2) is 11.5 Å². The van der Waals surface area contributed by atoms with Crippen LogP contribution >= 0.6 is 0 Å². The molecule has 0 aromatic heterocycles. The first-order valence-electron chi connectivity index (χ1n) is 6.15. The number of benzene rings is 1. The summed E-state index contributed by atoms with van der Waals surface area (Å²) in [7, 11) is 0. The number of halogens is 3. The van der Waals surface area contributed by atoms with Crippen molar-refractivity contribution in [3.05, 3.63) is 23.8 Å². The number of fused-ring (bicyclic) bond motifs is 1. The Hall–Kier alpha value is -1.43. The fourth-order valence-corrected chi connectivity index (χ4v) is 2.31. The third-order valence-corrected chi connectivity index (χ3v) is 3.68. The number of ether oxygens (including phenoxy) is 2. The highest BCUT2D eigenvalue weighted by Crippen LogP contribution is 2.50. The fourth-order valence-electron chi connectivity index (χ4n) is 2.31. The van der Waals surface area contributed by atoms with Crippen molar-refractivity contribution >= 4 is 0 Å². The molecule has 1 N–H and O–H groups in total. The van der Waals surface area contributed by atoms with Gasteiger partial charge in [-0.15, -0.1) is 0 Å². The Morgan fingerprint density at radius 3 is 2.53 bits per heavy atom. The van der Waals surface area contributed by atoms with Crippen molar-refractivity contribution in [1.82, 2.24) is 5.32 Å². The Morgan fingerprint density at radius 1 is 1.21 bits per heavy atom. The molecule has 1 heterocycles. The van der Waals surface area contributed by atoms with E-state index in [4.69, 9.17) is 9.47 Å². The Bertz CT molecular complexity index is 497. The highest BCUT2D eigenvalue weighted by atomic mass is 19.4. The topological polar surface area (TPSA) is 30.5 Å². The Morgan fingerprint density at radius 2 is 1.89 bits per heavy atom. The lowest BCUT2D eigenvalue weighted by Gasteiger charge is -2.25. The smallest absolute Gasteiger partial charge is 0.406 e. The standard InChI is InChI=1S/C13H14F3NO2/c1-8(17-12(4-5-12)13(14,15)16)9-2-3-10-11(6-9)19-7-18-10/h2-3,6,8,17H,4-5,7H2,1H3. The third kappa shape index (κ3) is 2.14. The predicted molar refractivity (Wildman–Crippen MR) is 62.1 cm³/mol. The highest BCUT2D eigenvalue weighted by molar-refractivity contribution is 5.45. The van der Waals surface area contributed by atoms with Crippen molar-refractivity contribution in [2.45, 2.75) is 37.5 Å². The molecule has 2 aliphatic rings. The lowest BCUT2D eigenvalue weighted by Crippen LogP contribution is -2.45. The average Bonchev–Trinajstić information content (AvgIpc) is 2.99. The van der Waals surface area contributed by atoms with Crippen molar-refractivity contribution in [1.29, 1.82) is 0 Å². The minimum atomic E-state index is -4.20. The maximum atomic E-state index is 12.9. The SMILES string of the molecule is CC(NC1(C(F)(F)F)CC1)c1ccc2c(c1)OCO2. The van der Waals surface area contributed by atoms with Gasteiger partial charge in [-0.1, -0.05) is 6.07 Å². The molecule has 3 rings (SSSR count). The second-order valence-electron chi connectivity index (χ2n) is 5.06. The lowest BCUT2D eigenvalue weighted by atomic mass is 10.1. The lowest BCUT2D eigenvalue weighted by molar-refractivity contribution is -0.167. The van der Waals surface area contributed by atoms with Gasteiger partial charge in [-0.05, 0) is 37.5 Å². The zero-order chi connectivity index (χ0) is 13.7. The molecule has 6 heteroatoms. The molecule has 3 nitrogen and oxygen atoms in total. The first-order chi connectivity index (χ1) is 8.91. The van der Waals surface area contributed by atoms with Gasteiger partial charge in [-0.3, -0.25) is 5.32 Å². The Kier molecular flexibility index (Phi) is 2.67. The summed E-state index contributed by atoms with van der Waals surface area (Å²) in [5.41, 5.74) is -0.942. The van der Waals surface area contributed by atoms with Crippen LogP contribution in [0.2, 0.25) is 0 Å². The zero-order valence-electron chi connectivity index (χ0n) is 10.4. The van der Waals surface area contributed by atoms with Crippen LogP contribution < -0.4 is 14.8 Å². The molecule has 1 saturated carbocycles. The van der Waals surface area contributed by atoms with Crippen molar-refractivity contribution < 1.29 is 22.6 Å². The molecule has 0 radical (unpaired) electrons. The first-order valence-corrected chi connectivity index (χ1v) is 6.15. The molecule has 0 bridgehead atoms. The van der Waals surface area contributed by atoms with Gasteiger partial charge in [0.1, 0.15) is 5.54 Å². The molecule has 0 spiro atoms. The molecule has 1 atom stereocenters. The number of rotatable bonds is 3. The summed E-state index contributed by atoms with van der Waals surface area (Å²) in [5, 5.41) is 2.69. The highest BCUT2D eigenvalue weighted by Gasteiger charge is 2.63. The van der Waals surface area contributed by atoms with Crippen LogP contribution in [0.25, 0.3) is 0 Å². The molecule has 1 aliphatic heterocycles. The van der Waals surface area contributed by atoms with Crippen molar-refractivity contribution in [3.8, 4) is 11.5 Å². The van der Waals surface area contributed by atoms with Crippen LogP contribution in [-0.4, -0.2) is 18.5 Å². The van der Waals surface area contributed by atoms with Crippen LogP contribution in [-0.2, 0) is 0 Å². The fraction of sp³-hybridized carbons (Fsp3) is 0.538. The normalized spacial score (nSPS) is 21.3. The van der Waals surface area contributed by atoms with E-state index in [0.29, 0.717) is 11.5 Å². The van der Waals surface area contributed by atoms with E-state index in [1.807, 2.05) is 0 Å². The minimum Gasteiger partial charge on any atom is -0.454 e. The Balaban J connectivity index is 1.76. The second-order valence-corrected chi connectivity index (χ2v) is 5.06. The number of nitrogens with one attached hydrogen (secondary N) is 1. The van der Waals surface area contributed by atoms with Crippen LogP contribution in [0, 0.1) is 0 Å². The summed E-state index contributed by atoms with van der Waals surface area (Å²) in [6.07, 6.45) is -3.91. The first kappa shape index (κ1) is 12.6. The molecule has 1 aromatic rings.